The molecule has 2 N–H and O–H groups in total. The van der Waals surface area contributed by atoms with E-state index < -0.39 is 40.5 Å². The Labute approximate surface area is 190 Å². The Balaban J connectivity index is 2.05. The highest BCUT2D eigenvalue weighted by Crippen LogP contribution is 2.29. The molecule has 164 valence electrons. The monoisotopic (exact) mass is 483 g/mol. The Morgan fingerprint density at radius 2 is 1.68 bits per heavy atom. The van der Waals surface area contributed by atoms with Crippen LogP contribution in [0.5, 0.6) is 0 Å². The fourth-order valence-corrected chi connectivity index (χ4v) is 4.95. The first-order valence-corrected chi connectivity index (χ1v) is 11.2. The quantitative estimate of drug-likeness (QED) is 0.554. The van der Waals surface area contributed by atoms with Crippen molar-refractivity contribution in [2.24, 2.45) is 5.92 Å². The number of carbonyl (C=O) groups is 2. The van der Waals surface area contributed by atoms with Gasteiger partial charge in [0.1, 0.15) is 10.9 Å². The summed E-state index contributed by atoms with van der Waals surface area (Å²) in [6.07, 6.45) is 0. The van der Waals surface area contributed by atoms with Gasteiger partial charge < -0.3 is 10.1 Å². The van der Waals surface area contributed by atoms with Crippen LogP contribution in [0.1, 0.15) is 19.4 Å². The number of halogens is 2. The largest absolute Gasteiger partial charge is 0.454 e. The second-order valence-electron chi connectivity index (χ2n) is 6.74. The zero-order valence-electron chi connectivity index (χ0n) is 16.6. The fraction of sp³-hybridized carbons (Fsp3) is 0.250. The number of nitrogens with zero attached hydrogens (tertiary/aromatic N) is 1. The van der Waals surface area contributed by atoms with Crippen molar-refractivity contribution in [3.05, 3.63) is 58.1 Å². The van der Waals surface area contributed by atoms with Crippen molar-refractivity contribution in [2.75, 3.05) is 11.9 Å². The van der Waals surface area contributed by atoms with Crippen molar-refractivity contribution in [3.63, 3.8) is 0 Å². The number of hydrogen-bond donors (Lipinski definition) is 2. The van der Waals surface area contributed by atoms with Crippen LogP contribution >= 0.6 is 23.2 Å². The molecule has 0 saturated carbocycles. The molecule has 0 bridgehead atoms. The van der Waals surface area contributed by atoms with Crippen LogP contribution in [0.15, 0.2) is 47.4 Å². The van der Waals surface area contributed by atoms with Gasteiger partial charge in [0.05, 0.1) is 21.7 Å². The molecule has 1 amide bonds. The lowest BCUT2D eigenvalue weighted by atomic mass is 10.1. The highest BCUT2D eigenvalue weighted by Gasteiger charge is 2.32. The Kier molecular flexibility index (Phi) is 8.42. The predicted octanol–water partition coefficient (Wildman–Crippen LogP) is 3.35. The Bertz CT molecular complexity index is 1090. The lowest BCUT2D eigenvalue weighted by molar-refractivity contribution is -0.150. The smallest absolute Gasteiger partial charge is 0.324 e. The number of amides is 1. The molecule has 0 spiro atoms. The van der Waals surface area contributed by atoms with Crippen LogP contribution in [-0.2, 0) is 24.3 Å². The first-order chi connectivity index (χ1) is 14.5. The van der Waals surface area contributed by atoms with Gasteiger partial charge in [0.15, 0.2) is 6.61 Å². The van der Waals surface area contributed by atoms with E-state index in [-0.39, 0.29) is 14.9 Å². The number of sulfonamides is 1. The van der Waals surface area contributed by atoms with E-state index in [0.29, 0.717) is 11.3 Å². The van der Waals surface area contributed by atoms with Gasteiger partial charge in [-0.3, -0.25) is 9.59 Å². The third kappa shape index (κ3) is 6.67. The number of hydrogen-bond acceptors (Lipinski definition) is 6. The molecular formula is C20H19Cl2N3O5S. The minimum atomic E-state index is -4.25. The lowest BCUT2D eigenvalue weighted by Crippen LogP contribution is -2.46. The number of rotatable bonds is 8. The van der Waals surface area contributed by atoms with Gasteiger partial charge in [0.2, 0.25) is 10.0 Å². The molecule has 0 aliphatic rings. The maximum absolute atomic E-state index is 12.7. The van der Waals surface area contributed by atoms with Gasteiger partial charge >= 0.3 is 5.97 Å². The highest BCUT2D eigenvalue weighted by atomic mass is 35.5. The summed E-state index contributed by atoms with van der Waals surface area (Å²) in [5.74, 6) is -2.06. The predicted molar refractivity (Wildman–Crippen MR) is 116 cm³/mol. The minimum absolute atomic E-state index is 0.0994. The highest BCUT2D eigenvalue weighted by molar-refractivity contribution is 7.89. The third-order valence-electron chi connectivity index (χ3n) is 4.03. The molecule has 0 fully saturated rings. The van der Waals surface area contributed by atoms with Gasteiger partial charge in [-0.2, -0.15) is 9.98 Å². The van der Waals surface area contributed by atoms with Gasteiger partial charge in [-0.25, -0.2) is 8.42 Å². The fourth-order valence-electron chi connectivity index (χ4n) is 2.47. The zero-order valence-corrected chi connectivity index (χ0v) is 18.9. The summed E-state index contributed by atoms with van der Waals surface area (Å²) in [4.78, 5) is 24.2. The molecule has 0 heterocycles. The molecule has 2 rings (SSSR count). The van der Waals surface area contributed by atoms with Gasteiger partial charge in [0.25, 0.3) is 5.91 Å². The average Bonchev–Trinajstić information content (AvgIpc) is 2.70. The molecule has 0 aromatic heterocycles. The summed E-state index contributed by atoms with van der Waals surface area (Å²) < 4.78 is 32.7. The van der Waals surface area contributed by atoms with Crippen LogP contribution in [0, 0.1) is 17.2 Å². The topological polar surface area (TPSA) is 125 Å². The summed E-state index contributed by atoms with van der Waals surface area (Å²) in [6.45, 7) is 2.59. The van der Waals surface area contributed by atoms with Crippen LogP contribution in [-0.4, -0.2) is 32.9 Å². The summed E-state index contributed by atoms with van der Waals surface area (Å²) in [5, 5.41) is 11.1. The van der Waals surface area contributed by atoms with E-state index in [1.807, 2.05) is 6.07 Å². The van der Waals surface area contributed by atoms with E-state index in [2.05, 4.69) is 10.0 Å². The van der Waals surface area contributed by atoms with Crippen molar-refractivity contribution >= 4 is 50.8 Å². The average molecular weight is 484 g/mol. The third-order valence-corrected chi connectivity index (χ3v) is 6.43. The van der Waals surface area contributed by atoms with Crippen LogP contribution < -0.4 is 10.0 Å². The SMILES string of the molecule is CC(C)C(NS(=O)(=O)c1c(Cl)cccc1Cl)C(=O)OCC(=O)Nc1ccc(C#N)cc1. The molecule has 2 aromatic carbocycles. The van der Waals surface area contributed by atoms with E-state index >= 15 is 0 Å². The number of nitrogens with one attached hydrogen (secondary N) is 2. The van der Waals surface area contributed by atoms with Gasteiger partial charge in [0, 0.05) is 5.69 Å². The van der Waals surface area contributed by atoms with Crippen LogP contribution in [0.2, 0.25) is 10.0 Å². The number of anilines is 1. The Morgan fingerprint density at radius 1 is 1.10 bits per heavy atom. The van der Waals surface area contributed by atoms with Crippen molar-refractivity contribution in [3.8, 4) is 6.07 Å². The molecule has 11 heteroatoms. The van der Waals surface area contributed by atoms with E-state index in [1.54, 1.807) is 13.8 Å². The van der Waals surface area contributed by atoms with Crippen molar-refractivity contribution in [1.29, 1.82) is 5.26 Å². The normalized spacial score (nSPS) is 12.1. The zero-order chi connectivity index (χ0) is 23.2. The maximum atomic E-state index is 12.7. The molecule has 0 saturated heterocycles. The van der Waals surface area contributed by atoms with Crippen LogP contribution in [0.3, 0.4) is 0 Å². The van der Waals surface area contributed by atoms with Crippen molar-refractivity contribution in [2.45, 2.75) is 24.8 Å². The maximum Gasteiger partial charge on any atom is 0.324 e. The lowest BCUT2D eigenvalue weighted by Gasteiger charge is -2.21. The summed E-state index contributed by atoms with van der Waals surface area (Å²) in [6, 6.07) is 11.0. The van der Waals surface area contributed by atoms with E-state index in [4.69, 9.17) is 33.2 Å². The van der Waals surface area contributed by atoms with E-state index in [1.165, 1.54) is 42.5 Å². The molecule has 1 atom stereocenters. The van der Waals surface area contributed by atoms with Crippen molar-refractivity contribution < 1.29 is 22.7 Å². The molecule has 0 aliphatic carbocycles. The Morgan fingerprint density at radius 3 is 2.19 bits per heavy atom. The first-order valence-electron chi connectivity index (χ1n) is 8.98. The molecule has 0 radical (unpaired) electrons. The summed E-state index contributed by atoms with van der Waals surface area (Å²) in [7, 11) is -4.25. The second kappa shape index (κ2) is 10.6. The molecule has 31 heavy (non-hydrogen) atoms. The van der Waals surface area contributed by atoms with Gasteiger partial charge in [-0.15, -0.1) is 0 Å². The van der Waals surface area contributed by atoms with Gasteiger partial charge in [-0.1, -0.05) is 43.1 Å². The second-order valence-corrected chi connectivity index (χ2v) is 9.20. The number of nitriles is 1. The number of benzene rings is 2. The molecule has 0 aliphatic heterocycles. The number of esters is 1. The van der Waals surface area contributed by atoms with Crippen LogP contribution in [0.4, 0.5) is 5.69 Å². The minimum Gasteiger partial charge on any atom is -0.454 e. The van der Waals surface area contributed by atoms with Gasteiger partial charge in [-0.05, 0) is 42.3 Å². The Hall–Kier alpha value is -2.64. The van der Waals surface area contributed by atoms with Crippen molar-refractivity contribution in [1.82, 2.24) is 4.72 Å². The van der Waals surface area contributed by atoms with E-state index in [9.17, 15) is 18.0 Å². The molecule has 1 unspecified atom stereocenters. The van der Waals surface area contributed by atoms with Crippen LogP contribution in [0.25, 0.3) is 0 Å². The standard InChI is InChI=1S/C20H19Cl2N3O5S/c1-12(2)18(25-31(28,29)19-15(21)4-3-5-16(19)22)20(27)30-11-17(26)24-14-8-6-13(10-23)7-9-14/h3-9,12,18,25H,11H2,1-2H3,(H,24,26). The molecular weight excluding hydrogens is 465 g/mol. The van der Waals surface area contributed by atoms with E-state index in [0.717, 1.165) is 0 Å². The molecule has 8 nitrogen and oxygen atoms in total. The summed E-state index contributed by atoms with van der Waals surface area (Å²) >= 11 is 11.9. The number of carbonyl (C=O) groups excluding carboxylic acids is 2. The summed E-state index contributed by atoms with van der Waals surface area (Å²) in [5.41, 5.74) is 0.838. The molecule has 2 aromatic rings. The first kappa shape index (κ1) is 24.6. The number of ether oxygens (including phenoxy) is 1.